The van der Waals surface area contributed by atoms with E-state index in [0.717, 1.165) is 51.6 Å². The smallest absolute Gasteiger partial charge is 0.407 e. The molecule has 2 bridgehead atoms. The normalized spacial score (nSPS) is 26.4. The van der Waals surface area contributed by atoms with Crippen molar-refractivity contribution in [3.63, 3.8) is 0 Å². The number of carbonyl (C=O) groups is 1. The quantitative estimate of drug-likeness (QED) is 0.218. The van der Waals surface area contributed by atoms with E-state index in [4.69, 9.17) is 21.1 Å². The SMILES string of the molecule is C#Cc1c(F)ccc2cccc(-c3ncc4c(N5C[C@H]6CC[C@@H](C5)N6C(=O)O)nc(OCC56CC(CC)CN5CC(CC)C6)nc4c3F)c12. The van der Waals surface area contributed by atoms with Crippen LogP contribution in [0.15, 0.2) is 36.5 Å². The van der Waals surface area contributed by atoms with E-state index in [-0.39, 0.29) is 40.4 Å². The molecule has 4 aromatic rings. The second-order valence-corrected chi connectivity index (χ2v) is 14.3. The van der Waals surface area contributed by atoms with Crippen LogP contribution in [-0.2, 0) is 0 Å². The molecule has 4 saturated heterocycles. The number of rotatable bonds is 7. The maximum absolute atomic E-state index is 17.0. The van der Waals surface area contributed by atoms with E-state index >= 15 is 4.39 Å². The maximum atomic E-state index is 17.0. The van der Waals surface area contributed by atoms with E-state index in [2.05, 4.69) is 29.7 Å². The highest BCUT2D eigenvalue weighted by Gasteiger charge is 2.51. The lowest BCUT2D eigenvalue weighted by Gasteiger charge is -2.40. The van der Waals surface area contributed by atoms with Crippen LogP contribution in [0.1, 0.15) is 57.9 Å². The summed E-state index contributed by atoms with van der Waals surface area (Å²) in [5, 5.41) is 11.4. The number of nitrogens with zero attached hydrogens (tertiary/aromatic N) is 6. The largest absolute Gasteiger partial charge is 0.465 e. The molecule has 4 aliphatic rings. The lowest BCUT2D eigenvalue weighted by Crippen LogP contribution is -2.55. The zero-order valence-electron chi connectivity index (χ0n) is 27.8. The van der Waals surface area contributed by atoms with Gasteiger partial charge in [-0.05, 0) is 49.0 Å². The van der Waals surface area contributed by atoms with E-state index in [1.165, 1.54) is 6.07 Å². The van der Waals surface area contributed by atoms with E-state index in [0.29, 0.717) is 59.1 Å². The van der Waals surface area contributed by atoms with Crippen molar-refractivity contribution in [2.24, 2.45) is 11.8 Å². The van der Waals surface area contributed by atoms with Gasteiger partial charge in [0.1, 0.15) is 29.5 Å². The molecule has 4 aliphatic heterocycles. The molecule has 8 rings (SSSR count). The Kier molecular flexibility index (Phi) is 7.82. The third-order valence-electron chi connectivity index (χ3n) is 11.6. The van der Waals surface area contributed by atoms with Crippen molar-refractivity contribution >= 4 is 33.6 Å². The molecule has 0 spiro atoms. The molecule has 4 fully saturated rings. The number of hydrogen-bond donors (Lipinski definition) is 1. The zero-order valence-corrected chi connectivity index (χ0v) is 27.8. The van der Waals surface area contributed by atoms with Gasteiger partial charge in [-0.25, -0.2) is 13.6 Å². The number of piperazine rings is 1. The standard InChI is InChI=1S/C38H40F2N6O3/c1-4-22-14-38(15-23(5-2)18-45(38)17-22)21-49-36-42-34-29(35(43-36)44-19-25-11-12-26(20-44)46(25)37(47)48)16-41-33(32(34)40)28-9-7-8-24-10-13-30(39)27(6-3)31(24)28/h3,7-10,13,16,22-23,25-26H,4-5,11-12,14-15,17-21H2,1-2H3,(H,47,48)/t22?,23?,25-,26+,38?. The first kappa shape index (κ1) is 31.7. The topological polar surface area (TPSA) is 94.9 Å². The first-order chi connectivity index (χ1) is 23.7. The minimum atomic E-state index is -0.924. The minimum Gasteiger partial charge on any atom is -0.465 e. The molecular formula is C38H40F2N6O3. The number of fused-ring (bicyclic) bond motifs is 5. The Bertz CT molecular complexity index is 1990. The number of anilines is 1. The first-order valence-electron chi connectivity index (χ1n) is 17.4. The number of halogens is 2. The number of terminal acetylenes is 1. The van der Waals surface area contributed by atoms with Gasteiger partial charge in [-0.15, -0.1) is 6.42 Å². The molecule has 11 heteroatoms. The predicted molar refractivity (Wildman–Crippen MR) is 184 cm³/mol. The molecule has 2 aromatic heterocycles. The predicted octanol–water partition coefficient (Wildman–Crippen LogP) is 6.71. The molecule has 0 radical (unpaired) electrons. The molecule has 9 nitrogen and oxygen atoms in total. The van der Waals surface area contributed by atoms with Crippen molar-refractivity contribution in [2.45, 2.75) is 70.0 Å². The van der Waals surface area contributed by atoms with Crippen LogP contribution in [0.3, 0.4) is 0 Å². The van der Waals surface area contributed by atoms with Crippen LogP contribution in [0.5, 0.6) is 6.01 Å². The Balaban J connectivity index is 1.24. The molecule has 0 aliphatic carbocycles. The lowest BCUT2D eigenvalue weighted by atomic mass is 9.86. The Labute approximate surface area is 284 Å². The average Bonchev–Trinajstić information content (AvgIpc) is 3.72. The Hall–Kier alpha value is -4.56. The molecule has 1 amide bonds. The molecule has 2 unspecified atom stereocenters. The van der Waals surface area contributed by atoms with Gasteiger partial charge in [0.15, 0.2) is 5.82 Å². The number of benzene rings is 2. The zero-order chi connectivity index (χ0) is 34.0. The van der Waals surface area contributed by atoms with Crippen LogP contribution in [0.4, 0.5) is 19.4 Å². The van der Waals surface area contributed by atoms with Gasteiger partial charge in [-0.1, -0.05) is 56.9 Å². The molecule has 2 aromatic carbocycles. The monoisotopic (exact) mass is 666 g/mol. The Morgan fingerprint density at radius 3 is 2.41 bits per heavy atom. The highest BCUT2D eigenvalue weighted by molar-refractivity contribution is 6.02. The summed E-state index contributed by atoms with van der Waals surface area (Å²) in [7, 11) is 0. The summed E-state index contributed by atoms with van der Waals surface area (Å²) in [5.74, 6) is 2.85. The second-order valence-electron chi connectivity index (χ2n) is 14.3. The Morgan fingerprint density at radius 1 is 1.04 bits per heavy atom. The van der Waals surface area contributed by atoms with E-state index in [9.17, 15) is 14.3 Å². The Morgan fingerprint density at radius 2 is 1.76 bits per heavy atom. The summed E-state index contributed by atoms with van der Waals surface area (Å²) in [6.45, 7) is 7.80. The number of hydrogen-bond acceptors (Lipinski definition) is 7. The van der Waals surface area contributed by atoms with Gasteiger partial charge in [0.05, 0.1) is 28.6 Å². The number of ether oxygens (including phenoxy) is 1. The van der Waals surface area contributed by atoms with Gasteiger partial charge in [0, 0.05) is 43.3 Å². The molecule has 6 heterocycles. The van der Waals surface area contributed by atoms with E-state index in [1.807, 2.05) is 4.90 Å². The van der Waals surface area contributed by atoms with Crippen molar-refractivity contribution in [3.8, 4) is 29.6 Å². The van der Waals surface area contributed by atoms with Crippen LogP contribution in [0.25, 0.3) is 32.9 Å². The van der Waals surface area contributed by atoms with E-state index in [1.54, 1.807) is 35.4 Å². The van der Waals surface area contributed by atoms with Crippen molar-refractivity contribution in [1.82, 2.24) is 24.8 Å². The van der Waals surface area contributed by atoms with E-state index < -0.39 is 17.7 Å². The fourth-order valence-corrected chi connectivity index (χ4v) is 9.18. The summed E-state index contributed by atoms with van der Waals surface area (Å²) in [6.07, 6.45) is 12.2. The maximum Gasteiger partial charge on any atom is 0.407 e. The van der Waals surface area contributed by atoms with Gasteiger partial charge in [-0.3, -0.25) is 14.8 Å². The number of amides is 1. The molecule has 4 atom stereocenters. The second kappa shape index (κ2) is 12.1. The number of aromatic nitrogens is 3. The average molecular weight is 667 g/mol. The van der Waals surface area contributed by atoms with Gasteiger partial charge in [0.25, 0.3) is 0 Å². The number of carboxylic acid groups (broad SMARTS) is 1. The van der Waals surface area contributed by atoms with Gasteiger partial charge in [-0.2, -0.15) is 9.97 Å². The van der Waals surface area contributed by atoms with Gasteiger partial charge >= 0.3 is 12.1 Å². The summed E-state index contributed by atoms with van der Waals surface area (Å²) in [5.41, 5.74) is 0.328. The number of pyridine rings is 1. The van der Waals surface area contributed by atoms with Gasteiger partial charge in [0.2, 0.25) is 0 Å². The molecule has 1 N–H and O–H groups in total. The lowest BCUT2D eigenvalue weighted by molar-refractivity contribution is 0.107. The van der Waals surface area contributed by atoms with Gasteiger partial charge < -0.3 is 14.7 Å². The fraction of sp³-hybridized carbons (Fsp3) is 0.474. The van der Waals surface area contributed by atoms with Crippen LogP contribution < -0.4 is 9.64 Å². The molecular weight excluding hydrogens is 626 g/mol. The van der Waals surface area contributed by atoms with Crippen molar-refractivity contribution < 1.29 is 23.4 Å². The summed E-state index contributed by atoms with van der Waals surface area (Å²) < 4.78 is 38.4. The summed E-state index contributed by atoms with van der Waals surface area (Å²) in [4.78, 5) is 32.4. The third kappa shape index (κ3) is 5.14. The molecule has 49 heavy (non-hydrogen) atoms. The van der Waals surface area contributed by atoms with Crippen LogP contribution in [0.2, 0.25) is 0 Å². The van der Waals surface area contributed by atoms with Crippen molar-refractivity contribution in [3.05, 3.63) is 53.7 Å². The highest BCUT2D eigenvalue weighted by Crippen LogP contribution is 2.46. The fourth-order valence-electron chi connectivity index (χ4n) is 9.18. The first-order valence-corrected chi connectivity index (χ1v) is 17.4. The third-order valence-corrected chi connectivity index (χ3v) is 11.6. The van der Waals surface area contributed by atoms with Crippen molar-refractivity contribution in [2.75, 3.05) is 37.7 Å². The molecule has 0 saturated carbocycles. The van der Waals surface area contributed by atoms with Crippen LogP contribution in [0, 0.1) is 35.8 Å². The minimum absolute atomic E-state index is 0.000467. The van der Waals surface area contributed by atoms with Crippen LogP contribution >= 0.6 is 0 Å². The highest BCUT2D eigenvalue weighted by atomic mass is 19.1. The molecule has 254 valence electrons. The van der Waals surface area contributed by atoms with Crippen molar-refractivity contribution in [1.29, 1.82) is 0 Å². The summed E-state index contributed by atoms with van der Waals surface area (Å²) in [6, 6.07) is 7.86. The summed E-state index contributed by atoms with van der Waals surface area (Å²) >= 11 is 0. The van der Waals surface area contributed by atoms with Crippen LogP contribution in [-0.4, -0.2) is 86.4 Å².